The largest absolute Gasteiger partial charge is 0.468 e. The highest BCUT2D eigenvalue weighted by Gasteiger charge is 2.22. The molecule has 1 rings (SSSR count). The third kappa shape index (κ3) is 3.57. The Bertz CT molecular complexity index is 316. The van der Waals surface area contributed by atoms with Gasteiger partial charge in [0.25, 0.3) is 0 Å². The Labute approximate surface area is 95.0 Å². The van der Waals surface area contributed by atoms with Crippen molar-refractivity contribution in [2.45, 2.75) is 17.7 Å². The number of carbonyl (C=O) groups is 1. The summed E-state index contributed by atoms with van der Waals surface area (Å²) in [4.78, 5) is 11.2. The van der Waals surface area contributed by atoms with Crippen LogP contribution in [-0.2, 0) is 16.0 Å². The first-order valence-corrected chi connectivity index (χ1v) is 5.22. The number of benzene rings is 1. The van der Waals surface area contributed by atoms with Crippen LogP contribution in [0.1, 0.15) is 5.56 Å². The predicted octanol–water partition coefficient (Wildman–Crippen LogP) is 1.03. The highest BCUT2D eigenvalue weighted by Crippen LogP contribution is 2.09. The van der Waals surface area contributed by atoms with Crippen LogP contribution >= 0.6 is 12.6 Å². The fourth-order valence-corrected chi connectivity index (χ4v) is 1.50. The molecule has 2 atom stereocenters. The zero-order valence-corrected chi connectivity index (χ0v) is 9.48. The van der Waals surface area contributed by atoms with Crippen molar-refractivity contribution in [2.75, 3.05) is 7.11 Å². The third-order valence-corrected chi connectivity index (χ3v) is 2.76. The maximum absolute atomic E-state index is 11.2. The van der Waals surface area contributed by atoms with Crippen LogP contribution in [0.15, 0.2) is 30.3 Å². The molecule has 2 N–H and O–H groups in total. The molecule has 1 aromatic rings. The Balaban J connectivity index is 2.56. The molecule has 4 heteroatoms. The lowest BCUT2D eigenvalue weighted by molar-refractivity contribution is -0.140. The molecule has 0 saturated carbocycles. The SMILES string of the molecule is COC(=O)[C@H](S)[C@@H](N)Cc1ccccc1. The van der Waals surface area contributed by atoms with Gasteiger partial charge in [-0.15, -0.1) is 0 Å². The van der Waals surface area contributed by atoms with Gasteiger partial charge in [-0.05, 0) is 12.0 Å². The number of rotatable bonds is 4. The number of nitrogens with two attached hydrogens (primary N) is 1. The maximum Gasteiger partial charge on any atom is 0.320 e. The number of esters is 1. The Morgan fingerprint density at radius 1 is 1.47 bits per heavy atom. The van der Waals surface area contributed by atoms with Gasteiger partial charge in [-0.25, -0.2) is 0 Å². The molecule has 0 radical (unpaired) electrons. The minimum atomic E-state index is -0.574. The summed E-state index contributed by atoms with van der Waals surface area (Å²) in [5.41, 5.74) is 6.94. The van der Waals surface area contributed by atoms with Crippen LogP contribution < -0.4 is 5.73 Å². The van der Waals surface area contributed by atoms with Crippen LogP contribution in [-0.4, -0.2) is 24.4 Å². The number of methoxy groups -OCH3 is 1. The van der Waals surface area contributed by atoms with E-state index in [2.05, 4.69) is 17.4 Å². The average molecular weight is 225 g/mol. The molecule has 0 spiro atoms. The van der Waals surface area contributed by atoms with E-state index in [9.17, 15) is 4.79 Å². The van der Waals surface area contributed by atoms with E-state index in [-0.39, 0.29) is 12.0 Å². The molecule has 0 aliphatic carbocycles. The van der Waals surface area contributed by atoms with Gasteiger partial charge in [-0.1, -0.05) is 30.3 Å². The van der Waals surface area contributed by atoms with Crippen LogP contribution in [0, 0.1) is 0 Å². The monoisotopic (exact) mass is 225 g/mol. The van der Waals surface area contributed by atoms with E-state index >= 15 is 0 Å². The van der Waals surface area contributed by atoms with Crippen molar-refractivity contribution in [2.24, 2.45) is 5.73 Å². The molecule has 15 heavy (non-hydrogen) atoms. The maximum atomic E-state index is 11.2. The molecular formula is C11H15NO2S. The van der Waals surface area contributed by atoms with E-state index in [1.807, 2.05) is 30.3 Å². The predicted molar refractivity (Wildman–Crippen MR) is 62.9 cm³/mol. The lowest BCUT2D eigenvalue weighted by atomic mass is 10.0. The summed E-state index contributed by atoms with van der Waals surface area (Å²) in [6.07, 6.45) is 0.615. The van der Waals surface area contributed by atoms with Gasteiger partial charge in [0.05, 0.1) is 7.11 Å². The van der Waals surface area contributed by atoms with Gasteiger partial charge in [-0.2, -0.15) is 12.6 Å². The van der Waals surface area contributed by atoms with E-state index in [4.69, 9.17) is 5.73 Å². The van der Waals surface area contributed by atoms with Gasteiger partial charge in [0, 0.05) is 6.04 Å². The molecule has 0 unspecified atom stereocenters. The molecule has 0 saturated heterocycles. The van der Waals surface area contributed by atoms with Crippen molar-refractivity contribution in [3.05, 3.63) is 35.9 Å². The van der Waals surface area contributed by atoms with Crippen LogP contribution in [0.25, 0.3) is 0 Å². The fourth-order valence-electron chi connectivity index (χ4n) is 1.29. The van der Waals surface area contributed by atoms with Crippen molar-refractivity contribution in [3.8, 4) is 0 Å². The summed E-state index contributed by atoms with van der Waals surface area (Å²) < 4.78 is 4.58. The lowest BCUT2D eigenvalue weighted by Gasteiger charge is -2.16. The number of ether oxygens (including phenoxy) is 1. The molecule has 0 bridgehead atoms. The summed E-state index contributed by atoms with van der Waals surface area (Å²) in [6.45, 7) is 0. The molecule has 0 aromatic heterocycles. The number of thiol groups is 1. The van der Waals surface area contributed by atoms with Gasteiger partial charge in [-0.3, -0.25) is 4.79 Å². The fraction of sp³-hybridized carbons (Fsp3) is 0.364. The zero-order valence-electron chi connectivity index (χ0n) is 8.59. The van der Waals surface area contributed by atoms with Gasteiger partial charge >= 0.3 is 5.97 Å². The van der Waals surface area contributed by atoms with Crippen molar-refractivity contribution < 1.29 is 9.53 Å². The van der Waals surface area contributed by atoms with Crippen LogP contribution in [0.2, 0.25) is 0 Å². The number of hydrogen-bond donors (Lipinski definition) is 2. The Hall–Kier alpha value is -1.00. The Morgan fingerprint density at radius 3 is 2.60 bits per heavy atom. The van der Waals surface area contributed by atoms with Crippen LogP contribution in [0.5, 0.6) is 0 Å². The molecule has 0 heterocycles. The van der Waals surface area contributed by atoms with Crippen molar-refractivity contribution >= 4 is 18.6 Å². The smallest absolute Gasteiger partial charge is 0.320 e. The quantitative estimate of drug-likeness (QED) is 0.594. The van der Waals surface area contributed by atoms with Crippen LogP contribution in [0.3, 0.4) is 0 Å². The second kappa shape index (κ2) is 5.78. The summed E-state index contributed by atoms with van der Waals surface area (Å²) in [7, 11) is 1.33. The number of hydrogen-bond acceptors (Lipinski definition) is 4. The molecular weight excluding hydrogens is 210 g/mol. The second-order valence-electron chi connectivity index (χ2n) is 3.32. The molecule has 82 valence electrons. The molecule has 0 fully saturated rings. The lowest BCUT2D eigenvalue weighted by Crippen LogP contribution is -2.39. The van der Waals surface area contributed by atoms with Gasteiger partial charge in [0.1, 0.15) is 5.25 Å². The molecule has 0 aliphatic rings. The second-order valence-corrected chi connectivity index (χ2v) is 3.88. The van der Waals surface area contributed by atoms with Gasteiger partial charge in [0.2, 0.25) is 0 Å². The molecule has 0 amide bonds. The molecule has 3 nitrogen and oxygen atoms in total. The molecule has 0 aliphatic heterocycles. The first kappa shape index (κ1) is 12.1. The normalized spacial score (nSPS) is 14.3. The minimum absolute atomic E-state index is 0.330. The van der Waals surface area contributed by atoms with E-state index in [1.165, 1.54) is 7.11 Å². The zero-order chi connectivity index (χ0) is 11.3. The van der Waals surface area contributed by atoms with Crippen molar-refractivity contribution in [1.29, 1.82) is 0 Å². The average Bonchev–Trinajstić information content (AvgIpc) is 2.28. The third-order valence-electron chi connectivity index (χ3n) is 2.16. The highest BCUT2D eigenvalue weighted by molar-refractivity contribution is 7.81. The van der Waals surface area contributed by atoms with Crippen molar-refractivity contribution in [1.82, 2.24) is 0 Å². The van der Waals surface area contributed by atoms with E-state index in [0.29, 0.717) is 6.42 Å². The van der Waals surface area contributed by atoms with E-state index in [1.54, 1.807) is 0 Å². The highest BCUT2D eigenvalue weighted by atomic mass is 32.1. The Morgan fingerprint density at radius 2 is 2.07 bits per heavy atom. The van der Waals surface area contributed by atoms with E-state index < -0.39 is 5.25 Å². The summed E-state index contributed by atoms with van der Waals surface area (Å²) in [6, 6.07) is 9.42. The van der Waals surface area contributed by atoms with Crippen molar-refractivity contribution in [3.63, 3.8) is 0 Å². The number of carbonyl (C=O) groups excluding carboxylic acids is 1. The standard InChI is InChI=1S/C11H15NO2S/c1-14-11(13)10(15)9(12)7-8-5-3-2-4-6-8/h2-6,9-10,15H,7,12H2,1H3/t9-,10+/m0/s1. The molecule has 1 aromatic carbocycles. The summed E-state index contributed by atoms with van der Waals surface area (Å²) in [5.74, 6) is -0.387. The first-order chi connectivity index (χ1) is 7.15. The summed E-state index contributed by atoms with van der Waals surface area (Å²) in [5, 5.41) is -0.574. The first-order valence-electron chi connectivity index (χ1n) is 4.70. The topological polar surface area (TPSA) is 52.3 Å². The summed E-state index contributed by atoms with van der Waals surface area (Å²) >= 11 is 4.13. The van der Waals surface area contributed by atoms with Gasteiger partial charge < -0.3 is 10.5 Å². The minimum Gasteiger partial charge on any atom is -0.468 e. The van der Waals surface area contributed by atoms with Crippen LogP contribution in [0.4, 0.5) is 0 Å². The Kier molecular flexibility index (Phi) is 4.65. The van der Waals surface area contributed by atoms with E-state index in [0.717, 1.165) is 5.56 Å². The van der Waals surface area contributed by atoms with Gasteiger partial charge in [0.15, 0.2) is 0 Å².